The maximum atomic E-state index is 6.28. The van der Waals surface area contributed by atoms with Crippen LogP contribution in [0.4, 0.5) is 28.7 Å². The molecule has 128 valence electrons. The van der Waals surface area contributed by atoms with Gasteiger partial charge in [0.25, 0.3) is 0 Å². The number of aromatic nitrogens is 3. The Morgan fingerprint density at radius 3 is 2.38 bits per heavy atom. The zero-order chi connectivity index (χ0) is 17.9. The first-order valence-electron chi connectivity index (χ1n) is 8.26. The summed E-state index contributed by atoms with van der Waals surface area (Å²) in [7, 11) is 0. The molecule has 0 saturated carbocycles. The van der Waals surface area contributed by atoms with Crippen LogP contribution in [0.2, 0.25) is 0 Å². The van der Waals surface area contributed by atoms with Crippen molar-refractivity contribution in [2.45, 2.75) is 6.92 Å². The van der Waals surface area contributed by atoms with Crippen molar-refractivity contribution in [3.05, 3.63) is 72.7 Å². The van der Waals surface area contributed by atoms with E-state index in [2.05, 4.69) is 25.6 Å². The zero-order valence-corrected chi connectivity index (χ0v) is 14.3. The van der Waals surface area contributed by atoms with E-state index >= 15 is 0 Å². The lowest BCUT2D eigenvalue weighted by molar-refractivity contribution is 1.17. The number of hydrogen-bond acceptors (Lipinski definition) is 6. The number of nitrogen functional groups attached to an aromatic ring is 1. The highest BCUT2D eigenvalue weighted by molar-refractivity contribution is 5.94. The van der Waals surface area contributed by atoms with Gasteiger partial charge in [0.05, 0.1) is 5.52 Å². The Morgan fingerprint density at radius 2 is 1.58 bits per heavy atom. The van der Waals surface area contributed by atoms with Crippen molar-refractivity contribution in [2.75, 3.05) is 16.4 Å². The third-order valence-electron chi connectivity index (χ3n) is 4.04. The van der Waals surface area contributed by atoms with E-state index in [1.807, 2.05) is 67.6 Å². The number of para-hydroxylation sites is 1. The molecule has 6 nitrogen and oxygen atoms in total. The predicted octanol–water partition coefficient (Wildman–Crippen LogP) is 4.40. The van der Waals surface area contributed by atoms with Gasteiger partial charge in [0, 0.05) is 22.5 Å². The highest BCUT2D eigenvalue weighted by Crippen LogP contribution is 2.30. The number of nitrogens with one attached hydrogen (secondary N) is 2. The minimum Gasteiger partial charge on any atom is -0.393 e. The summed E-state index contributed by atoms with van der Waals surface area (Å²) in [4.78, 5) is 13.1. The molecule has 0 saturated heterocycles. The number of pyridine rings is 1. The summed E-state index contributed by atoms with van der Waals surface area (Å²) >= 11 is 0. The fraction of sp³-hybridized carbons (Fsp3) is 0.0500. The molecule has 4 N–H and O–H groups in total. The van der Waals surface area contributed by atoms with Crippen LogP contribution in [0.15, 0.2) is 67.0 Å². The van der Waals surface area contributed by atoms with Gasteiger partial charge < -0.3 is 16.4 Å². The molecule has 0 aliphatic carbocycles. The summed E-state index contributed by atoms with van der Waals surface area (Å²) < 4.78 is 0. The summed E-state index contributed by atoms with van der Waals surface area (Å²) in [5.74, 6) is 1.11. The van der Waals surface area contributed by atoms with Crippen LogP contribution < -0.4 is 16.4 Å². The Bertz CT molecular complexity index is 1060. The summed E-state index contributed by atoms with van der Waals surface area (Å²) in [5.41, 5.74) is 10.4. The smallest absolute Gasteiger partial charge is 0.159 e. The Balaban J connectivity index is 1.68. The lowest BCUT2D eigenvalue weighted by Gasteiger charge is -2.14. The number of rotatable bonds is 4. The number of benzene rings is 2. The molecule has 6 heteroatoms. The molecule has 0 radical (unpaired) electrons. The van der Waals surface area contributed by atoms with Crippen LogP contribution >= 0.6 is 0 Å². The molecule has 26 heavy (non-hydrogen) atoms. The van der Waals surface area contributed by atoms with E-state index in [4.69, 9.17) is 5.73 Å². The average Bonchev–Trinajstić information content (AvgIpc) is 2.66. The number of nitrogens with two attached hydrogens (primary N) is 1. The number of anilines is 5. The van der Waals surface area contributed by atoms with E-state index in [1.165, 1.54) is 6.33 Å². The number of nitrogens with zero attached hydrogens (tertiary/aromatic N) is 3. The summed E-state index contributed by atoms with van der Waals surface area (Å²) in [6.45, 7) is 1.98. The van der Waals surface area contributed by atoms with Crippen LogP contribution in [-0.2, 0) is 0 Å². The minimum atomic E-state index is 0.452. The lowest BCUT2D eigenvalue weighted by Crippen LogP contribution is -2.05. The molecule has 0 aliphatic rings. The lowest BCUT2D eigenvalue weighted by atomic mass is 10.1. The Labute approximate surface area is 151 Å². The first-order valence-corrected chi connectivity index (χ1v) is 8.26. The van der Waals surface area contributed by atoms with Gasteiger partial charge in [-0.15, -0.1) is 0 Å². The van der Waals surface area contributed by atoms with Crippen LogP contribution in [0, 0.1) is 6.92 Å². The molecular weight excluding hydrogens is 324 g/mol. The largest absolute Gasteiger partial charge is 0.393 e. The van der Waals surface area contributed by atoms with Crippen molar-refractivity contribution in [1.29, 1.82) is 0 Å². The Kier molecular flexibility index (Phi) is 4.07. The molecule has 4 rings (SSSR count). The number of aryl methyl sites for hydroxylation is 1. The second-order valence-electron chi connectivity index (χ2n) is 5.93. The van der Waals surface area contributed by atoms with Crippen molar-refractivity contribution in [3.63, 3.8) is 0 Å². The summed E-state index contributed by atoms with van der Waals surface area (Å²) in [6.07, 6.45) is 1.48. The van der Waals surface area contributed by atoms with Crippen LogP contribution in [0.3, 0.4) is 0 Å². The summed E-state index contributed by atoms with van der Waals surface area (Å²) in [6, 6.07) is 19.7. The van der Waals surface area contributed by atoms with Crippen molar-refractivity contribution < 1.29 is 0 Å². The van der Waals surface area contributed by atoms with Gasteiger partial charge in [-0.05, 0) is 43.3 Å². The molecule has 0 fully saturated rings. The molecule has 0 bridgehead atoms. The summed E-state index contributed by atoms with van der Waals surface area (Å²) in [5, 5.41) is 7.53. The minimum absolute atomic E-state index is 0.452. The van der Waals surface area contributed by atoms with E-state index in [0.717, 1.165) is 28.0 Å². The van der Waals surface area contributed by atoms with E-state index < -0.39 is 0 Å². The van der Waals surface area contributed by atoms with Crippen molar-refractivity contribution in [2.24, 2.45) is 0 Å². The molecule has 2 heterocycles. The highest BCUT2D eigenvalue weighted by atomic mass is 15.1. The van der Waals surface area contributed by atoms with E-state index in [1.54, 1.807) is 0 Å². The quantitative estimate of drug-likeness (QED) is 0.509. The van der Waals surface area contributed by atoms with Gasteiger partial charge in [-0.1, -0.05) is 24.3 Å². The van der Waals surface area contributed by atoms with Crippen molar-refractivity contribution in [3.8, 4) is 0 Å². The standard InChI is InChI=1S/C20H18N6/c1-13-10-11-15-16(24-13)8-5-9-17(15)26-20-18(21)19(22-12-23-20)25-14-6-3-2-4-7-14/h2-12H,21H2,1H3,(H2,22,23,25,26). The molecule has 0 aliphatic heterocycles. The molecular formula is C20H18N6. The van der Waals surface area contributed by atoms with Gasteiger partial charge >= 0.3 is 0 Å². The van der Waals surface area contributed by atoms with Crippen molar-refractivity contribution >= 4 is 39.6 Å². The normalized spacial score (nSPS) is 10.7. The number of hydrogen-bond donors (Lipinski definition) is 3. The SMILES string of the molecule is Cc1ccc2c(Nc3ncnc(Nc4ccccc4)c3N)cccc2n1. The van der Waals surface area contributed by atoms with E-state index in [-0.39, 0.29) is 0 Å². The van der Waals surface area contributed by atoms with Crippen LogP contribution in [0.25, 0.3) is 10.9 Å². The van der Waals surface area contributed by atoms with Crippen molar-refractivity contribution in [1.82, 2.24) is 15.0 Å². The first kappa shape index (κ1) is 15.8. The molecule has 0 atom stereocenters. The monoisotopic (exact) mass is 342 g/mol. The zero-order valence-electron chi connectivity index (χ0n) is 14.3. The van der Waals surface area contributed by atoms with Crippen LogP contribution in [-0.4, -0.2) is 15.0 Å². The van der Waals surface area contributed by atoms with Gasteiger partial charge in [0.2, 0.25) is 0 Å². The molecule has 0 unspecified atom stereocenters. The topological polar surface area (TPSA) is 88.8 Å². The maximum Gasteiger partial charge on any atom is 0.159 e. The molecule has 4 aromatic rings. The molecule has 0 amide bonds. The highest BCUT2D eigenvalue weighted by Gasteiger charge is 2.10. The van der Waals surface area contributed by atoms with Gasteiger partial charge in [-0.2, -0.15) is 0 Å². The third-order valence-corrected chi connectivity index (χ3v) is 4.04. The van der Waals surface area contributed by atoms with Gasteiger partial charge in [-0.25, -0.2) is 9.97 Å². The second-order valence-corrected chi connectivity index (χ2v) is 5.93. The average molecular weight is 342 g/mol. The molecule has 2 aromatic heterocycles. The number of fused-ring (bicyclic) bond motifs is 1. The van der Waals surface area contributed by atoms with Gasteiger partial charge in [0.1, 0.15) is 12.0 Å². The molecule has 0 spiro atoms. The third kappa shape index (κ3) is 3.12. The Hall–Kier alpha value is -3.67. The second kappa shape index (κ2) is 6.68. The fourth-order valence-corrected chi connectivity index (χ4v) is 2.75. The van der Waals surface area contributed by atoms with Gasteiger partial charge in [0.15, 0.2) is 11.6 Å². The van der Waals surface area contributed by atoms with Gasteiger partial charge in [-0.3, -0.25) is 4.98 Å². The van der Waals surface area contributed by atoms with E-state index in [9.17, 15) is 0 Å². The maximum absolute atomic E-state index is 6.28. The Morgan fingerprint density at radius 1 is 0.808 bits per heavy atom. The first-order chi connectivity index (χ1) is 12.7. The fourth-order valence-electron chi connectivity index (χ4n) is 2.75. The predicted molar refractivity (Wildman–Crippen MR) is 106 cm³/mol. The van der Waals surface area contributed by atoms with Crippen LogP contribution in [0.1, 0.15) is 5.69 Å². The molecule has 2 aromatic carbocycles. The van der Waals surface area contributed by atoms with E-state index in [0.29, 0.717) is 17.3 Å². The van der Waals surface area contributed by atoms with Crippen LogP contribution in [0.5, 0.6) is 0 Å².